The monoisotopic (exact) mass is 331 g/mol. The Bertz CT molecular complexity index is 499. The summed E-state index contributed by atoms with van der Waals surface area (Å²) < 4.78 is 0. The van der Waals surface area contributed by atoms with Crippen LogP contribution in [0.4, 0.5) is 0 Å². The van der Waals surface area contributed by atoms with Gasteiger partial charge in [0.2, 0.25) is 0 Å². The number of halogens is 2. The highest BCUT2D eigenvalue weighted by Crippen LogP contribution is 2.26. The Hall–Kier alpha value is -0.650. The second-order valence-corrected chi connectivity index (χ2v) is 5.42. The van der Waals surface area contributed by atoms with Crippen LogP contribution in [0, 0.1) is 0 Å². The molecule has 2 aromatic rings. The maximum absolute atomic E-state index is 4.43. The van der Waals surface area contributed by atoms with Crippen molar-refractivity contribution in [3.05, 3.63) is 41.4 Å². The van der Waals surface area contributed by atoms with Crippen LogP contribution < -0.4 is 5.32 Å². The van der Waals surface area contributed by atoms with Gasteiger partial charge in [-0.15, -0.1) is 36.2 Å². The molecule has 2 heterocycles. The SMILES string of the molecule is Cl.Cl.c1ccc(-c2nccs2)c(CN2CCNCC2)c1. The number of nitrogens with one attached hydrogen (secondary N) is 1. The number of piperazine rings is 1. The van der Waals surface area contributed by atoms with Gasteiger partial charge in [-0.1, -0.05) is 24.3 Å². The molecule has 0 atom stereocenters. The third-order valence-corrected chi connectivity index (χ3v) is 4.09. The number of hydrogen-bond donors (Lipinski definition) is 1. The zero-order valence-corrected chi connectivity index (χ0v) is 13.6. The summed E-state index contributed by atoms with van der Waals surface area (Å²) >= 11 is 1.71. The maximum Gasteiger partial charge on any atom is 0.123 e. The van der Waals surface area contributed by atoms with Crippen LogP contribution in [0.1, 0.15) is 5.56 Å². The van der Waals surface area contributed by atoms with Crippen molar-refractivity contribution < 1.29 is 0 Å². The van der Waals surface area contributed by atoms with E-state index < -0.39 is 0 Å². The van der Waals surface area contributed by atoms with Crippen LogP contribution in [0.15, 0.2) is 35.8 Å². The molecule has 0 spiro atoms. The predicted molar refractivity (Wildman–Crippen MR) is 90.2 cm³/mol. The number of rotatable bonds is 3. The van der Waals surface area contributed by atoms with Crippen molar-refractivity contribution in [2.75, 3.05) is 26.2 Å². The Morgan fingerprint density at radius 1 is 1.15 bits per heavy atom. The van der Waals surface area contributed by atoms with E-state index in [0.29, 0.717) is 0 Å². The summed E-state index contributed by atoms with van der Waals surface area (Å²) in [6.45, 7) is 5.48. The second kappa shape index (κ2) is 8.60. The first-order chi connectivity index (χ1) is 8.93. The minimum atomic E-state index is 0. The van der Waals surface area contributed by atoms with Crippen molar-refractivity contribution in [2.24, 2.45) is 0 Å². The van der Waals surface area contributed by atoms with Crippen molar-refractivity contribution in [3.63, 3.8) is 0 Å². The van der Waals surface area contributed by atoms with E-state index in [4.69, 9.17) is 0 Å². The molecule has 1 aromatic carbocycles. The zero-order chi connectivity index (χ0) is 12.2. The van der Waals surface area contributed by atoms with Gasteiger partial charge in [0.25, 0.3) is 0 Å². The normalized spacial score (nSPS) is 15.2. The van der Waals surface area contributed by atoms with Crippen LogP contribution in [-0.4, -0.2) is 36.1 Å². The van der Waals surface area contributed by atoms with Crippen molar-refractivity contribution in [1.82, 2.24) is 15.2 Å². The topological polar surface area (TPSA) is 28.2 Å². The fraction of sp³-hybridized carbons (Fsp3) is 0.357. The highest BCUT2D eigenvalue weighted by atomic mass is 35.5. The summed E-state index contributed by atoms with van der Waals surface area (Å²) in [6, 6.07) is 8.61. The zero-order valence-electron chi connectivity index (χ0n) is 11.1. The highest BCUT2D eigenvalue weighted by molar-refractivity contribution is 7.13. The molecule has 1 saturated heterocycles. The Morgan fingerprint density at radius 2 is 1.90 bits per heavy atom. The third-order valence-electron chi connectivity index (χ3n) is 3.28. The molecule has 3 rings (SSSR count). The van der Waals surface area contributed by atoms with Crippen LogP contribution in [0.5, 0.6) is 0 Å². The summed E-state index contributed by atoms with van der Waals surface area (Å²) in [5.41, 5.74) is 2.67. The molecular formula is C14H19Cl2N3S. The van der Waals surface area contributed by atoms with E-state index >= 15 is 0 Å². The summed E-state index contributed by atoms with van der Waals surface area (Å²) in [7, 11) is 0. The molecule has 0 bridgehead atoms. The van der Waals surface area contributed by atoms with E-state index in [-0.39, 0.29) is 24.8 Å². The van der Waals surface area contributed by atoms with Crippen molar-refractivity contribution in [1.29, 1.82) is 0 Å². The van der Waals surface area contributed by atoms with Gasteiger partial charge in [0.05, 0.1) is 0 Å². The summed E-state index contributed by atoms with van der Waals surface area (Å²) in [6.07, 6.45) is 1.88. The van der Waals surface area contributed by atoms with Crippen LogP contribution in [0.3, 0.4) is 0 Å². The molecule has 0 unspecified atom stereocenters. The van der Waals surface area contributed by atoms with E-state index in [9.17, 15) is 0 Å². The lowest BCUT2D eigenvalue weighted by Gasteiger charge is -2.27. The lowest BCUT2D eigenvalue weighted by Crippen LogP contribution is -2.42. The molecule has 0 radical (unpaired) electrons. The van der Waals surface area contributed by atoms with Gasteiger partial charge in [0, 0.05) is 49.9 Å². The van der Waals surface area contributed by atoms with E-state index in [1.54, 1.807) is 11.3 Å². The van der Waals surface area contributed by atoms with Crippen LogP contribution in [-0.2, 0) is 6.54 Å². The molecule has 0 saturated carbocycles. The Morgan fingerprint density at radius 3 is 2.60 bits per heavy atom. The van der Waals surface area contributed by atoms with Gasteiger partial charge in [-0.3, -0.25) is 4.90 Å². The van der Waals surface area contributed by atoms with Gasteiger partial charge in [-0.25, -0.2) is 4.98 Å². The largest absolute Gasteiger partial charge is 0.314 e. The Balaban J connectivity index is 0.000001000. The van der Waals surface area contributed by atoms with Gasteiger partial charge < -0.3 is 5.32 Å². The number of nitrogens with zero attached hydrogens (tertiary/aromatic N) is 2. The lowest BCUT2D eigenvalue weighted by molar-refractivity contribution is 0.233. The standard InChI is InChI=1S/C14H17N3S.2ClH/c1-2-4-13(14-16-7-10-18-14)12(3-1)11-17-8-5-15-6-9-17;;/h1-4,7,10,15H,5-6,8-9,11H2;2*1H. The molecule has 1 aliphatic heterocycles. The number of thiazole rings is 1. The molecule has 3 nitrogen and oxygen atoms in total. The molecule has 20 heavy (non-hydrogen) atoms. The molecule has 6 heteroatoms. The number of aromatic nitrogens is 1. The van der Waals surface area contributed by atoms with Crippen LogP contribution >= 0.6 is 36.2 Å². The van der Waals surface area contributed by atoms with Gasteiger partial charge in [0.1, 0.15) is 5.01 Å². The van der Waals surface area contributed by atoms with Crippen LogP contribution in [0.2, 0.25) is 0 Å². The molecule has 1 aliphatic rings. The summed E-state index contributed by atoms with van der Waals surface area (Å²) in [5, 5.41) is 6.56. The van der Waals surface area contributed by atoms with E-state index in [1.807, 2.05) is 11.6 Å². The van der Waals surface area contributed by atoms with Gasteiger partial charge in [-0.05, 0) is 5.56 Å². The van der Waals surface area contributed by atoms with Crippen molar-refractivity contribution in [3.8, 4) is 10.6 Å². The number of benzene rings is 1. The molecular weight excluding hydrogens is 313 g/mol. The first kappa shape index (κ1) is 17.4. The Kier molecular flexibility index (Phi) is 7.48. The minimum Gasteiger partial charge on any atom is -0.314 e. The van der Waals surface area contributed by atoms with Gasteiger partial charge in [-0.2, -0.15) is 0 Å². The van der Waals surface area contributed by atoms with Gasteiger partial charge >= 0.3 is 0 Å². The lowest BCUT2D eigenvalue weighted by atomic mass is 10.1. The maximum atomic E-state index is 4.43. The van der Waals surface area contributed by atoms with Crippen molar-refractivity contribution in [2.45, 2.75) is 6.54 Å². The molecule has 1 N–H and O–H groups in total. The van der Waals surface area contributed by atoms with Crippen molar-refractivity contribution >= 4 is 36.2 Å². The fourth-order valence-electron chi connectivity index (χ4n) is 2.33. The summed E-state index contributed by atoms with van der Waals surface area (Å²) in [5.74, 6) is 0. The summed E-state index contributed by atoms with van der Waals surface area (Å²) in [4.78, 5) is 6.93. The van der Waals surface area contributed by atoms with E-state index in [1.165, 1.54) is 11.1 Å². The first-order valence-corrected chi connectivity index (χ1v) is 7.22. The van der Waals surface area contributed by atoms with E-state index in [0.717, 1.165) is 37.7 Å². The smallest absolute Gasteiger partial charge is 0.123 e. The predicted octanol–water partition coefficient (Wildman–Crippen LogP) is 3.06. The second-order valence-electron chi connectivity index (χ2n) is 4.52. The Labute approximate surface area is 136 Å². The third kappa shape index (κ3) is 4.17. The molecule has 1 fully saturated rings. The molecule has 0 amide bonds. The number of hydrogen-bond acceptors (Lipinski definition) is 4. The first-order valence-electron chi connectivity index (χ1n) is 6.34. The quantitative estimate of drug-likeness (QED) is 0.936. The molecule has 1 aromatic heterocycles. The van der Waals surface area contributed by atoms with E-state index in [2.05, 4.69) is 39.5 Å². The molecule has 0 aliphatic carbocycles. The highest BCUT2D eigenvalue weighted by Gasteiger charge is 2.13. The average molecular weight is 332 g/mol. The molecule has 110 valence electrons. The average Bonchev–Trinajstić information content (AvgIpc) is 2.94. The van der Waals surface area contributed by atoms with Gasteiger partial charge in [0.15, 0.2) is 0 Å². The minimum absolute atomic E-state index is 0. The fourth-order valence-corrected chi connectivity index (χ4v) is 3.03. The van der Waals surface area contributed by atoms with Crippen LogP contribution in [0.25, 0.3) is 10.6 Å².